The Kier molecular flexibility index (Phi) is 0.662. The average molecular weight is 207 g/mol. The van der Waals surface area contributed by atoms with E-state index < -0.39 is 68.6 Å². The molecule has 0 radical (unpaired) electrons. The molecule has 3 nitrogen and oxygen atoms in total. The molecule has 76 valence electrons. The number of rotatable bonds is 2. The van der Waals surface area contributed by atoms with Crippen LogP contribution in [0.3, 0.4) is 0 Å². The third-order valence-corrected chi connectivity index (χ3v) is 1.37. The molecule has 2 rings (SSSR count). The quantitative estimate of drug-likeness (QED) is 0.786. The van der Waals surface area contributed by atoms with Crippen LogP contribution in [0.4, 0.5) is 5.69 Å². The van der Waals surface area contributed by atoms with Crippen LogP contribution in [0, 0.1) is 0 Å². The fourth-order valence-corrected chi connectivity index (χ4v) is 0.819. The van der Waals surface area contributed by atoms with Crippen molar-refractivity contribution in [3.63, 3.8) is 0 Å². The number of nitrogens with zero attached hydrogens (tertiary/aromatic N) is 1. The summed E-state index contributed by atoms with van der Waals surface area (Å²) in [5, 5.41) is 1.58. The van der Waals surface area contributed by atoms with Crippen molar-refractivity contribution in [1.82, 2.24) is 5.32 Å². The highest BCUT2D eigenvalue weighted by atomic mass is 16.5. The topological polar surface area (TPSA) is 24.5 Å². The van der Waals surface area contributed by atoms with Crippen molar-refractivity contribution in [2.45, 2.75) is 0 Å². The van der Waals surface area contributed by atoms with Gasteiger partial charge in [-0.2, -0.15) is 0 Å². The average Bonchev–Trinajstić information content (AvgIpc) is 2.50. The lowest BCUT2D eigenvalue weighted by Gasteiger charge is -2.29. The van der Waals surface area contributed by atoms with Crippen molar-refractivity contribution in [2.75, 3.05) is 37.9 Å². The molecule has 0 unspecified atom stereocenters. The van der Waals surface area contributed by atoms with E-state index in [-0.39, 0.29) is 4.90 Å². The molecule has 1 aliphatic rings. The van der Waals surface area contributed by atoms with E-state index >= 15 is 0 Å². The van der Waals surface area contributed by atoms with Gasteiger partial charge >= 0.3 is 0 Å². The van der Waals surface area contributed by atoms with E-state index in [1.54, 1.807) is 5.32 Å². The van der Waals surface area contributed by atoms with Gasteiger partial charge in [0.05, 0.1) is 22.1 Å². The van der Waals surface area contributed by atoms with Gasteiger partial charge in [-0.1, -0.05) is 6.04 Å². The van der Waals surface area contributed by atoms with E-state index in [4.69, 9.17) is 20.6 Å². The highest BCUT2D eigenvalue weighted by molar-refractivity contribution is 5.51. The molecule has 3 heteroatoms. The van der Waals surface area contributed by atoms with E-state index in [1.165, 1.54) is 0 Å². The Morgan fingerprint density at radius 3 is 3.21 bits per heavy atom. The van der Waals surface area contributed by atoms with Crippen molar-refractivity contribution in [3.8, 4) is 5.75 Å². The maximum absolute atomic E-state index is 8.11. The molecule has 0 saturated carbocycles. The first-order valence-corrected chi connectivity index (χ1v) is 3.58. The predicted molar refractivity (Wildman–Crippen MR) is 58.1 cm³/mol. The molecule has 1 aliphatic heterocycles. The van der Waals surface area contributed by atoms with E-state index in [2.05, 4.69) is 4.74 Å². The molecule has 1 aromatic carbocycles. The van der Waals surface area contributed by atoms with Crippen molar-refractivity contribution >= 4 is 5.69 Å². The van der Waals surface area contributed by atoms with Crippen LogP contribution in [0.15, 0.2) is 24.2 Å². The highest BCUT2D eigenvalue weighted by Crippen LogP contribution is 2.20. The van der Waals surface area contributed by atoms with Gasteiger partial charge in [-0.05, 0) is 12.1 Å². The zero-order valence-corrected chi connectivity index (χ0v) is 6.86. The summed E-state index contributed by atoms with van der Waals surface area (Å²) in [7, 11) is -3.20. The third-order valence-electron chi connectivity index (χ3n) is 1.37. The Hall–Kier alpha value is -1.22. The fraction of sp³-hybridized carbons (Fsp3) is 0.455. The molecule has 0 bridgehead atoms. The van der Waals surface area contributed by atoms with E-state index in [0.717, 1.165) is 0 Å². The summed E-state index contributed by atoms with van der Waals surface area (Å²) >= 11 is 0. The number of nitrogens with one attached hydrogen (secondary N) is 1. The summed E-state index contributed by atoms with van der Waals surface area (Å²) < 4.78 is 121. The summed E-state index contributed by atoms with van der Waals surface area (Å²) in [6, 6.07) is -4.31. The van der Waals surface area contributed by atoms with Gasteiger partial charge in [0.2, 0.25) is 0 Å². The standard InChI is InChI=1S/C11H16N2O/c1-14-11-4-2-3-10(9-11)13-7-5-12-6-8-13/h2-4,9,12H,5-8H2,1H3/i1D3,2D,3D,4D,5D2,6D2,7D2,8D2,9D. The van der Waals surface area contributed by atoms with Gasteiger partial charge in [-0.3, -0.25) is 0 Å². The highest BCUT2D eigenvalue weighted by Gasteiger charge is 2.10. The molecule has 1 N–H and O–H groups in total. The van der Waals surface area contributed by atoms with Crippen LogP contribution in [0.5, 0.6) is 5.75 Å². The minimum atomic E-state index is -3.42. The Labute approximate surface area is 106 Å². The van der Waals surface area contributed by atoms with Crippen LogP contribution < -0.4 is 15.0 Å². The number of ether oxygens (including phenoxy) is 1. The SMILES string of the molecule is [2H]c1c([2H])c(OC([2H])([2H])[2H])c([2H])c(N2C([2H])([2H])C([2H])([2H])NC([2H])([2H])C2([2H])[2H])c1[2H]. The lowest BCUT2D eigenvalue weighted by Crippen LogP contribution is -2.43. The van der Waals surface area contributed by atoms with Gasteiger partial charge in [0.15, 0.2) is 0 Å². The maximum atomic E-state index is 8.11. The zero-order valence-electron chi connectivity index (χ0n) is 21.9. The Morgan fingerprint density at radius 2 is 2.43 bits per heavy atom. The minimum absolute atomic E-state index is 0.162. The Morgan fingerprint density at radius 1 is 1.57 bits per heavy atom. The summed E-state index contributed by atoms with van der Waals surface area (Å²) in [4.78, 5) is -0.162. The van der Waals surface area contributed by atoms with Crippen molar-refractivity contribution in [3.05, 3.63) is 24.2 Å². The normalized spacial score (nSPS) is 47.7. The number of anilines is 1. The first kappa shape index (κ1) is 2.14. The summed E-state index contributed by atoms with van der Waals surface area (Å²) in [6.07, 6.45) is 0. The van der Waals surface area contributed by atoms with Gasteiger partial charge in [0.25, 0.3) is 0 Å². The minimum Gasteiger partial charge on any atom is -0.497 e. The van der Waals surface area contributed by atoms with Crippen LogP contribution in [-0.2, 0) is 0 Å². The number of piperazine rings is 1. The molecular weight excluding hydrogens is 176 g/mol. The van der Waals surface area contributed by atoms with Crippen LogP contribution in [0.25, 0.3) is 0 Å². The van der Waals surface area contributed by atoms with Crippen LogP contribution in [-0.4, -0.2) is 33.0 Å². The smallest absolute Gasteiger partial charge is 0.120 e. The number of hydrogen-bond acceptors (Lipinski definition) is 3. The lowest BCUT2D eigenvalue weighted by molar-refractivity contribution is 0.414. The first-order chi connectivity index (χ1) is 12.7. The molecule has 0 spiro atoms. The Balaban J connectivity index is 2.93. The second-order valence-corrected chi connectivity index (χ2v) is 2.21. The number of hydrogen-bond donors (Lipinski definition) is 1. The lowest BCUT2D eigenvalue weighted by atomic mass is 10.2. The van der Waals surface area contributed by atoms with Gasteiger partial charge in [0, 0.05) is 43.2 Å². The van der Waals surface area contributed by atoms with Gasteiger partial charge in [-0.25, -0.2) is 0 Å². The van der Waals surface area contributed by atoms with Crippen molar-refractivity contribution in [2.24, 2.45) is 0 Å². The van der Waals surface area contributed by atoms with Crippen molar-refractivity contribution in [1.29, 1.82) is 0 Å². The van der Waals surface area contributed by atoms with Crippen molar-refractivity contribution < 1.29 is 25.3 Å². The van der Waals surface area contributed by atoms with Gasteiger partial charge < -0.3 is 15.0 Å². The second kappa shape index (κ2) is 4.33. The molecule has 1 fully saturated rings. The third kappa shape index (κ3) is 1.99. The Bertz CT molecular complexity index is 807. The molecule has 1 saturated heterocycles. The summed E-state index contributed by atoms with van der Waals surface area (Å²) in [5.74, 6) is -1.08. The summed E-state index contributed by atoms with van der Waals surface area (Å²) in [5.41, 5.74) is -1.13. The molecule has 1 aromatic rings. The van der Waals surface area contributed by atoms with Crippen LogP contribution in [0.2, 0.25) is 0 Å². The van der Waals surface area contributed by atoms with Gasteiger partial charge in [-0.15, -0.1) is 0 Å². The molecule has 1 heterocycles. The number of benzene rings is 1. The first-order valence-electron chi connectivity index (χ1n) is 11.1. The fourth-order valence-electron chi connectivity index (χ4n) is 0.819. The molecule has 0 amide bonds. The van der Waals surface area contributed by atoms with Crippen LogP contribution >= 0.6 is 0 Å². The van der Waals surface area contributed by atoms with Gasteiger partial charge in [0.1, 0.15) is 5.75 Å². The molecule has 14 heavy (non-hydrogen) atoms. The van der Waals surface area contributed by atoms with E-state index in [9.17, 15) is 0 Å². The maximum Gasteiger partial charge on any atom is 0.120 e. The monoisotopic (exact) mass is 207 g/mol. The number of methoxy groups -OCH3 is 1. The second-order valence-electron chi connectivity index (χ2n) is 2.21. The van der Waals surface area contributed by atoms with E-state index in [1.807, 2.05) is 0 Å². The zero-order chi connectivity index (χ0) is 23.0. The predicted octanol–water partition coefficient (Wildman–Crippen LogP) is 1.10. The van der Waals surface area contributed by atoms with E-state index in [0.29, 0.717) is 0 Å². The molecular formula is C11H16N2O. The largest absolute Gasteiger partial charge is 0.497 e. The molecule has 0 aliphatic carbocycles. The van der Waals surface area contributed by atoms with Crippen LogP contribution in [0.1, 0.15) is 20.6 Å². The molecule has 0 atom stereocenters. The molecule has 0 aromatic heterocycles. The summed E-state index contributed by atoms with van der Waals surface area (Å²) in [6.45, 7) is -13.3.